The van der Waals surface area contributed by atoms with Crippen LogP contribution in [-0.2, 0) is 11.3 Å². The summed E-state index contributed by atoms with van der Waals surface area (Å²) in [5, 5.41) is 10.1. The SMILES string of the molecule is C=Cc1ncc2c(c1O)COC2c1ccc(OC)cc1. The number of benzene rings is 1. The van der Waals surface area contributed by atoms with Crippen LogP contribution in [0.3, 0.4) is 0 Å². The number of nitrogens with zero attached hydrogens (tertiary/aromatic N) is 1. The monoisotopic (exact) mass is 269 g/mol. The van der Waals surface area contributed by atoms with Gasteiger partial charge in [-0.3, -0.25) is 4.98 Å². The van der Waals surface area contributed by atoms with Gasteiger partial charge in [0.05, 0.1) is 13.7 Å². The van der Waals surface area contributed by atoms with E-state index in [4.69, 9.17) is 9.47 Å². The van der Waals surface area contributed by atoms with Gasteiger partial charge in [0.1, 0.15) is 23.3 Å². The Labute approximate surface area is 117 Å². The van der Waals surface area contributed by atoms with Crippen molar-refractivity contribution in [2.75, 3.05) is 7.11 Å². The second-order valence-electron chi connectivity index (χ2n) is 4.59. The van der Waals surface area contributed by atoms with E-state index >= 15 is 0 Å². The first-order valence-corrected chi connectivity index (χ1v) is 6.33. The highest BCUT2D eigenvalue weighted by Gasteiger charge is 2.28. The van der Waals surface area contributed by atoms with Crippen LogP contribution in [-0.4, -0.2) is 17.2 Å². The van der Waals surface area contributed by atoms with Crippen molar-refractivity contribution in [2.24, 2.45) is 0 Å². The summed E-state index contributed by atoms with van der Waals surface area (Å²) in [6.07, 6.45) is 3.08. The third kappa shape index (κ3) is 1.94. The van der Waals surface area contributed by atoms with Crippen LogP contribution in [0.15, 0.2) is 37.0 Å². The van der Waals surface area contributed by atoms with Crippen LogP contribution >= 0.6 is 0 Å². The molecule has 0 amide bonds. The summed E-state index contributed by atoms with van der Waals surface area (Å²) < 4.78 is 10.9. The molecule has 4 nitrogen and oxygen atoms in total. The lowest BCUT2D eigenvalue weighted by Gasteiger charge is -2.12. The highest BCUT2D eigenvalue weighted by molar-refractivity contribution is 5.57. The predicted octanol–water partition coefficient (Wildman–Crippen LogP) is 3.06. The van der Waals surface area contributed by atoms with Crippen LogP contribution in [0.25, 0.3) is 6.08 Å². The lowest BCUT2D eigenvalue weighted by molar-refractivity contribution is 0.0932. The minimum atomic E-state index is -0.201. The zero-order chi connectivity index (χ0) is 14.1. The largest absolute Gasteiger partial charge is 0.505 e. The van der Waals surface area contributed by atoms with Crippen LogP contribution in [0, 0.1) is 0 Å². The average molecular weight is 269 g/mol. The number of fused-ring (bicyclic) bond motifs is 1. The fourth-order valence-corrected chi connectivity index (χ4v) is 2.41. The van der Waals surface area contributed by atoms with E-state index in [9.17, 15) is 5.11 Å². The Morgan fingerprint density at radius 3 is 2.80 bits per heavy atom. The molecule has 1 N–H and O–H groups in total. The van der Waals surface area contributed by atoms with E-state index in [0.717, 1.165) is 22.4 Å². The lowest BCUT2D eigenvalue weighted by Crippen LogP contribution is -1.99. The maximum Gasteiger partial charge on any atom is 0.147 e. The fourth-order valence-electron chi connectivity index (χ4n) is 2.41. The molecule has 1 atom stereocenters. The van der Waals surface area contributed by atoms with Crippen molar-refractivity contribution in [1.29, 1.82) is 0 Å². The molecule has 2 heterocycles. The maximum absolute atomic E-state index is 10.1. The van der Waals surface area contributed by atoms with Crippen LogP contribution < -0.4 is 4.74 Å². The maximum atomic E-state index is 10.1. The second-order valence-corrected chi connectivity index (χ2v) is 4.59. The number of methoxy groups -OCH3 is 1. The van der Waals surface area contributed by atoms with Gasteiger partial charge >= 0.3 is 0 Å². The van der Waals surface area contributed by atoms with Gasteiger partial charge < -0.3 is 14.6 Å². The average Bonchev–Trinajstić information content (AvgIpc) is 2.92. The summed E-state index contributed by atoms with van der Waals surface area (Å²) >= 11 is 0. The molecule has 1 unspecified atom stereocenters. The molecule has 1 aliphatic rings. The molecule has 1 aromatic heterocycles. The highest BCUT2D eigenvalue weighted by atomic mass is 16.5. The number of pyridine rings is 1. The molecular formula is C16H15NO3. The Morgan fingerprint density at radius 2 is 2.15 bits per heavy atom. The minimum absolute atomic E-state index is 0.161. The number of hydrogen-bond acceptors (Lipinski definition) is 4. The van der Waals surface area contributed by atoms with E-state index in [2.05, 4.69) is 11.6 Å². The summed E-state index contributed by atoms with van der Waals surface area (Å²) in [6, 6.07) is 7.69. The Kier molecular flexibility index (Phi) is 3.16. The third-order valence-corrected chi connectivity index (χ3v) is 3.51. The van der Waals surface area contributed by atoms with Gasteiger partial charge in [-0.25, -0.2) is 0 Å². The standard InChI is InChI=1S/C16H15NO3/c1-3-14-15(18)13-9-20-16(12(13)8-17-14)10-4-6-11(19-2)7-5-10/h3-8,16,18H,1,9H2,2H3. The predicted molar refractivity (Wildman–Crippen MR) is 75.6 cm³/mol. The molecule has 0 aliphatic carbocycles. The van der Waals surface area contributed by atoms with E-state index in [1.165, 1.54) is 6.08 Å². The topological polar surface area (TPSA) is 51.6 Å². The molecular weight excluding hydrogens is 254 g/mol. The van der Waals surface area contributed by atoms with Crippen molar-refractivity contribution in [2.45, 2.75) is 12.7 Å². The van der Waals surface area contributed by atoms with Gasteiger partial charge in [0.25, 0.3) is 0 Å². The van der Waals surface area contributed by atoms with Gasteiger partial charge in [0, 0.05) is 17.3 Å². The quantitative estimate of drug-likeness (QED) is 0.930. The third-order valence-electron chi connectivity index (χ3n) is 3.51. The first kappa shape index (κ1) is 12.7. The summed E-state index contributed by atoms with van der Waals surface area (Å²) in [5.74, 6) is 0.962. The normalized spacial score (nSPS) is 16.8. The van der Waals surface area contributed by atoms with Crippen LogP contribution in [0.1, 0.15) is 28.5 Å². The Balaban J connectivity index is 2.00. The van der Waals surface area contributed by atoms with E-state index in [1.54, 1.807) is 13.3 Å². The zero-order valence-corrected chi connectivity index (χ0v) is 11.2. The summed E-state index contributed by atoms with van der Waals surface area (Å²) in [5.41, 5.74) is 3.19. The van der Waals surface area contributed by atoms with Crippen molar-refractivity contribution in [3.63, 3.8) is 0 Å². The number of ether oxygens (including phenoxy) is 2. The molecule has 4 heteroatoms. The zero-order valence-electron chi connectivity index (χ0n) is 11.2. The van der Waals surface area contributed by atoms with Gasteiger partial charge in [0.2, 0.25) is 0 Å². The first-order valence-electron chi connectivity index (χ1n) is 6.33. The molecule has 0 spiro atoms. The van der Waals surface area contributed by atoms with E-state index in [0.29, 0.717) is 12.3 Å². The molecule has 0 bridgehead atoms. The summed E-state index contributed by atoms with van der Waals surface area (Å²) in [7, 11) is 1.63. The molecule has 2 aromatic rings. The summed E-state index contributed by atoms with van der Waals surface area (Å²) in [4.78, 5) is 4.21. The molecule has 102 valence electrons. The lowest BCUT2D eigenvalue weighted by atomic mass is 10.00. The van der Waals surface area contributed by atoms with E-state index < -0.39 is 0 Å². The second kappa shape index (κ2) is 4.98. The van der Waals surface area contributed by atoms with Crippen LogP contribution in [0.2, 0.25) is 0 Å². The molecule has 3 rings (SSSR count). The molecule has 0 saturated heterocycles. The fraction of sp³-hybridized carbons (Fsp3) is 0.188. The Hall–Kier alpha value is -2.33. The highest BCUT2D eigenvalue weighted by Crippen LogP contribution is 2.40. The first-order chi connectivity index (χ1) is 9.74. The molecule has 1 aromatic carbocycles. The molecule has 0 radical (unpaired) electrons. The van der Waals surface area contributed by atoms with Crippen LogP contribution in [0.4, 0.5) is 0 Å². The van der Waals surface area contributed by atoms with Crippen molar-refractivity contribution in [3.05, 3.63) is 59.4 Å². The number of aromatic hydroxyl groups is 1. The van der Waals surface area contributed by atoms with Gasteiger partial charge in [-0.15, -0.1) is 0 Å². The Morgan fingerprint density at radius 1 is 1.40 bits per heavy atom. The van der Waals surface area contributed by atoms with Gasteiger partial charge in [-0.1, -0.05) is 18.7 Å². The van der Waals surface area contributed by atoms with E-state index in [-0.39, 0.29) is 11.9 Å². The molecule has 0 fully saturated rings. The molecule has 0 saturated carbocycles. The van der Waals surface area contributed by atoms with Gasteiger partial charge in [0.15, 0.2) is 0 Å². The number of rotatable bonds is 3. The van der Waals surface area contributed by atoms with Crippen LogP contribution in [0.5, 0.6) is 11.5 Å². The van der Waals surface area contributed by atoms with Gasteiger partial charge in [-0.2, -0.15) is 0 Å². The Bertz CT molecular complexity index is 650. The minimum Gasteiger partial charge on any atom is -0.505 e. The summed E-state index contributed by atoms with van der Waals surface area (Å²) in [6.45, 7) is 4.01. The molecule has 20 heavy (non-hydrogen) atoms. The number of aromatic nitrogens is 1. The van der Waals surface area contributed by atoms with E-state index in [1.807, 2.05) is 24.3 Å². The van der Waals surface area contributed by atoms with Gasteiger partial charge in [-0.05, 0) is 23.8 Å². The van der Waals surface area contributed by atoms with Crippen molar-refractivity contribution in [1.82, 2.24) is 4.98 Å². The van der Waals surface area contributed by atoms with Crippen molar-refractivity contribution in [3.8, 4) is 11.5 Å². The smallest absolute Gasteiger partial charge is 0.147 e. The van der Waals surface area contributed by atoms with Crippen molar-refractivity contribution < 1.29 is 14.6 Å². The number of hydrogen-bond donors (Lipinski definition) is 1. The van der Waals surface area contributed by atoms with Crippen molar-refractivity contribution >= 4 is 6.08 Å². The molecule has 1 aliphatic heterocycles.